The first-order valence-electron chi connectivity index (χ1n) is 16.7. The maximum absolute atomic E-state index is 3.14. The molecule has 36 heavy (non-hydrogen) atoms. The molecule has 0 radical (unpaired) electrons. The fourth-order valence-electron chi connectivity index (χ4n) is 7.95. The molecule has 0 unspecified atom stereocenters. The number of hydrogen-bond donors (Lipinski definition) is 0. The average molecular weight is 501 g/mol. The Bertz CT molecular complexity index is 405. The van der Waals surface area contributed by atoms with Gasteiger partial charge in [-0.3, -0.25) is 0 Å². The van der Waals surface area contributed by atoms with E-state index in [1.54, 1.807) is 0 Å². The largest absolute Gasteiger partial charge is 0.354 e. The van der Waals surface area contributed by atoms with Crippen LogP contribution in [0.25, 0.3) is 0 Å². The van der Waals surface area contributed by atoms with Gasteiger partial charge in [0.25, 0.3) is 20.9 Å². The van der Waals surface area contributed by atoms with Crippen molar-refractivity contribution in [2.75, 3.05) is 0 Å². The highest BCUT2D eigenvalue weighted by Gasteiger charge is 2.60. The number of nitrogens with zero attached hydrogens (tertiary/aromatic N) is 3. The minimum atomic E-state index is 0.552. The lowest BCUT2D eigenvalue weighted by atomic mass is 9.31. The zero-order valence-electron chi connectivity index (χ0n) is 27.0. The van der Waals surface area contributed by atoms with Crippen molar-refractivity contribution in [3.63, 3.8) is 0 Å². The van der Waals surface area contributed by atoms with Crippen LogP contribution >= 0.6 is 0 Å². The zero-order chi connectivity index (χ0) is 27.4. The fourth-order valence-corrected chi connectivity index (χ4v) is 7.95. The maximum Gasteiger partial charge on any atom is 0.293 e. The van der Waals surface area contributed by atoms with Gasteiger partial charge in [-0.1, -0.05) is 122 Å². The van der Waals surface area contributed by atoms with E-state index in [1.807, 2.05) is 0 Å². The van der Waals surface area contributed by atoms with Gasteiger partial charge in [0.2, 0.25) is 0 Å². The van der Waals surface area contributed by atoms with E-state index >= 15 is 0 Å². The minimum Gasteiger partial charge on any atom is -0.354 e. The monoisotopic (exact) mass is 502 g/mol. The Morgan fingerprint density at radius 2 is 0.472 bits per heavy atom. The van der Waals surface area contributed by atoms with E-state index in [4.69, 9.17) is 0 Å². The van der Waals surface area contributed by atoms with Gasteiger partial charge in [0.1, 0.15) is 0 Å². The molecule has 210 valence electrons. The Morgan fingerprint density at radius 3 is 0.583 bits per heavy atom. The average Bonchev–Trinajstić information content (AvgIpc) is 2.91. The van der Waals surface area contributed by atoms with Crippen LogP contribution in [0.2, 0.25) is 17.5 Å². The van der Waals surface area contributed by atoms with Crippen molar-refractivity contribution < 1.29 is 0 Å². The SMILES string of the molecule is CCC(CC)B1N(C(CC)CC)B(C(CC)CC)N(C(CC)CC)B(C(CC)CC)N1C(CC)CC. The quantitative estimate of drug-likeness (QED) is 0.173. The van der Waals surface area contributed by atoms with Crippen molar-refractivity contribution in [2.45, 2.75) is 196 Å². The molecule has 6 heteroatoms. The molecule has 0 amide bonds. The van der Waals surface area contributed by atoms with E-state index in [1.165, 1.54) is 77.0 Å². The third kappa shape index (κ3) is 7.18. The molecule has 1 saturated heterocycles. The van der Waals surface area contributed by atoms with Gasteiger partial charge in [0, 0.05) is 0 Å². The summed E-state index contributed by atoms with van der Waals surface area (Å²) in [5.74, 6) is 2.18. The van der Waals surface area contributed by atoms with Gasteiger partial charge >= 0.3 is 0 Å². The standard InChI is InChI=1S/C30H66B3N3/c1-13-25(14-2)31-34(28(19-7)20-8)32(26(15-3)16-4)36(30(23-11)24-12)33(27(17-5)18-6)35(31)29(21-9)22-10/h25-30H,13-24H2,1-12H3. The molecule has 0 N–H and O–H groups in total. The van der Waals surface area contributed by atoms with Gasteiger partial charge < -0.3 is 14.2 Å². The molecule has 1 rings (SSSR count). The first-order chi connectivity index (χ1) is 17.4. The van der Waals surface area contributed by atoms with Crippen molar-refractivity contribution in [3.8, 4) is 0 Å². The molecule has 3 nitrogen and oxygen atoms in total. The number of hydrogen-bond acceptors (Lipinski definition) is 3. The summed E-state index contributed by atoms with van der Waals surface area (Å²) in [5, 5.41) is 0. The van der Waals surface area contributed by atoms with Crippen LogP contribution in [-0.2, 0) is 0 Å². The third-order valence-corrected chi connectivity index (χ3v) is 10.3. The summed E-state index contributed by atoms with van der Waals surface area (Å²) in [6.07, 6.45) is 15.2. The molecule has 1 aliphatic rings. The van der Waals surface area contributed by atoms with Crippen LogP contribution in [-0.4, -0.2) is 53.2 Å². The molecule has 1 heterocycles. The van der Waals surface area contributed by atoms with Crippen LogP contribution in [0, 0.1) is 0 Å². The molecular weight excluding hydrogens is 435 g/mol. The Morgan fingerprint density at radius 1 is 0.306 bits per heavy atom. The predicted octanol–water partition coefficient (Wildman–Crippen LogP) is 9.51. The van der Waals surface area contributed by atoms with Crippen LogP contribution in [0.3, 0.4) is 0 Å². The maximum atomic E-state index is 3.14. The summed E-state index contributed by atoms with van der Waals surface area (Å²) in [7, 11) is 0. The van der Waals surface area contributed by atoms with Gasteiger partial charge in [-0.05, 0) is 74.1 Å². The van der Waals surface area contributed by atoms with Gasteiger partial charge in [-0.2, -0.15) is 0 Å². The lowest BCUT2D eigenvalue weighted by Gasteiger charge is -2.64. The van der Waals surface area contributed by atoms with Crippen molar-refractivity contribution in [3.05, 3.63) is 0 Å². The Hall–Kier alpha value is 0.0748. The van der Waals surface area contributed by atoms with Gasteiger partial charge in [-0.25, -0.2) is 0 Å². The molecule has 0 bridgehead atoms. The highest BCUT2D eigenvalue weighted by Crippen LogP contribution is 2.45. The summed E-state index contributed by atoms with van der Waals surface area (Å²) in [6.45, 7) is 31.2. The van der Waals surface area contributed by atoms with Crippen molar-refractivity contribution in [1.82, 2.24) is 14.2 Å². The Balaban J connectivity index is 4.17. The van der Waals surface area contributed by atoms with Gasteiger partial charge in [-0.15, -0.1) is 0 Å². The summed E-state index contributed by atoms with van der Waals surface area (Å²) in [4.78, 5) is 0. The van der Waals surface area contributed by atoms with E-state index in [-0.39, 0.29) is 0 Å². The summed E-state index contributed by atoms with van der Waals surface area (Å²) in [5.41, 5.74) is 0. The molecular formula is C30H66B3N3. The molecule has 0 saturated carbocycles. The second-order valence-corrected chi connectivity index (χ2v) is 11.7. The van der Waals surface area contributed by atoms with E-state index < -0.39 is 0 Å². The highest BCUT2D eigenvalue weighted by atomic mass is 15.4. The molecule has 1 aliphatic heterocycles. The summed E-state index contributed by atoms with van der Waals surface area (Å²) in [6, 6.07) is 1.95. The Labute approximate surface area is 230 Å². The highest BCUT2D eigenvalue weighted by molar-refractivity contribution is 6.87. The van der Waals surface area contributed by atoms with E-state index in [0.29, 0.717) is 39.1 Å². The third-order valence-electron chi connectivity index (χ3n) is 10.3. The van der Waals surface area contributed by atoms with Crippen LogP contribution in [0.5, 0.6) is 0 Å². The van der Waals surface area contributed by atoms with Crippen LogP contribution < -0.4 is 0 Å². The smallest absolute Gasteiger partial charge is 0.293 e. The van der Waals surface area contributed by atoms with Crippen molar-refractivity contribution >= 4 is 20.9 Å². The van der Waals surface area contributed by atoms with Crippen molar-refractivity contribution in [1.29, 1.82) is 0 Å². The first kappa shape index (κ1) is 34.1. The van der Waals surface area contributed by atoms with Gasteiger partial charge in [0.05, 0.1) is 0 Å². The number of rotatable bonds is 18. The molecule has 1 fully saturated rings. The fraction of sp³-hybridized carbons (Fsp3) is 1.00. The lowest BCUT2D eigenvalue weighted by molar-refractivity contribution is 0.261. The molecule has 0 atom stereocenters. The topological polar surface area (TPSA) is 9.72 Å². The lowest BCUT2D eigenvalue weighted by Crippen LogP contribution is -2.83. The van der Waals surface area contributed by atoms with Crippen LogP contribution in [0.15, 0.2) is 0 Å². The second-order valence-electron chi connectivity index (χ2n) is 11.7. The predicted molar refractivity (Wildman–Crippen MR) is 169 cm³/mol. The van der Waals surface area contributed by atoms with Crippen molar-refractivity contribution in [2.24, 2.45) is 0 Å². The van der Waals surface area contributed by atoms with E-state index in [9.17, 15) is 0 Å². The van der Waals surface area contributed by atoms with Crippen LogP contribution in [0.1, 0.15) is 160 Å². The minimum absolute atomic E-state index is 0.552. The summed E-state index contributed by atoms with van der Waals surface area (Å²) >= 11 is 0. The Kier molecular flexibility index (Phi) is 16.7. The molecule has 0 spiro atoms. The first-order valence-corrected chi connectivity index (χ1v) is 16.7. The van der Waals surface area contributed by atoms with E-state index in [2.05, 4.69) is 97.3 Å². The molecule has 0 aromatic carbocycles. The summed E-state index contributed by atoms with van der Waals surface area (Å²) < 4.78 is 9.43. The second kappa shape index (κ2) is 17.6. The molecule has 0 aromatic heterocycles. The van der Waals surface area contributed by atoms with Crippen LogP contribution in [0.4, 0.5) is 0 Å². The normalized spacial score (nSPS) is 17.0. The molecule has 0 aromatic rings. The zero-order valence-corrected chi connectivity index (χ0v) is 27.0. The van der Waals surface area contributed by atoms with Gasteiger partial charge in [0.15, 0.2) is 0 Å². The van der Waals surface area contributed by atoms with E-state index in [0.717, 1.165) is 17.5 Å². The molecule has 0 aliphatic carbocycles.